The molecule has 3 aromatic rings. The molecule has 7 nitrogen and oxygen atoms in total. The van der Waals surface area contributed by atoms with Crippen LogP contribution in [0.3, 0.4) is 0 Å². The van der Waals surface area contributed by atoms with Gasteiger partial charge in [0.25, 0.3) is 11.8 Å². The van der Waals surface area contributed by atoms with Crippen LogP contribution >= 0.6 is 11.3 Å². The molecule has 1 N–H and O–H groups in total. The number of nitrogens with one attached hydrogen (secondary N) is 1. The van der Waals surface area contributed by atoms with Gasteiger partial charge < -0.3 is 10.1 Å². The van der Waals surface area contributed by atoms with Crippen LogP contribution in [-0.4, -0.2) is 28.4 Å². The van der Waals surface area contributed by atoms with Crippen molar-refractivity contribution in [2.24, 2.45) is 0 Å². The second-order valence-electron chi connectivity index (χ2n) is 5.90. The number of ether oxygens (including phenoxy) is 1. The maximum atomic E-state index is 12.3. The fourth-order valence-corrected chi connectivity index (χ4v) is 3.49. The van der Waals surface area contributed by atoms with E-state index in [0.717, 1.165) is 5.56 Å². The highest BCUT2D eigenvalue weighted by Crippen LogP contribution is 2.32. The minimum absolute atomic E-state index is 0.00165. The first-order valence-corrected chi connectivity index (χ1v) is 9.22. The summed E-state index contributed by atoms with van der Waals surface area (Å²) in [6.45, 7) is 0.715. The number of para-hydroxylation sites is 2. The Labute approximate surface area is 159 Å². The van der Waals surface area contributed by atoms with Crippen LogP contribution in [-0.2, 0) is 17.9 Å². The molecule has 0 unspecified atom stereocenters. The average molecular weight is 380 g/mol. The number of hydrogen-bond acceptors (Lipinski definition) is 6. The van der Waals surface area contributed by atoms with Crippen molar-refractivity contribution in [1.82, 2.24) is 15.3 Å². The number of rotatable bonds is 5. The molecule has 27 heavy (non-hydrogen) atoms. The molecule has 3 heterocycles. The van der Waals surface area contributed by atoms with Crippen molar-refractivity contribution in [3.63, 3.8) is 0 Å². The second kappa shape index (κ2) is 7.55. The zero-order chi connectivity index (χ0) is 18.6. The van der Waals surface area contributed by atoms with Crippen LogP contribution in [0.25, 0.3) is 0 Å². The molecular formula is C19H16N4O3S. The Bertz CT molecular complexity index is 974. The molecule has 2 aromatic heterocycles. The number of thiazole rings is 1. The van der Waals surface area contributed by atoms with E-state index in [1.807, 2.05) is 36.4 Å². The molecule has 0 radical (unpaired) electrons. The van der Waals surface area contributed by atoms with Crippen molar-refractivity contribution in [2.75, 3.05) is 11.5 Å². The predicted molar refractivity (Wildman–Crippen MR) is 101 cm³/mol. The predicted octanol–water partition coefficient (Wildman–Crippen LogP) is 2.39. The van der Waals surface area contributed by atoms with Gasteiger partial charge in [-0.1, -0.05) is 12.1 Å². The number of fused-ring (bicyclic) bond motifs is 1. The third-order valence-electron chi connectivity index (χ3n) is 4.09. The van der Waals surface area contributed by atoms with E-state index in [0.29, 0.717) is 35.2 Å². The molecule has 0 fully saturated rings. The van der Waals surface area contributed by atoms with E-state index >= 15 is 0 Å². The van der Waals surface area contributed by atoms with E-state index in [1.165, 1.54) is 11.3 Å². The summed E-state index contributed by atoms with van der Waals surface area (Å²) in [6.07, 6.45) is 3.36. The number of anilines is 1. The molecule has 0 saturated heterocycles. The lowest BCUT2D eigenvalue weighted by Gasteiger charge is -2.28. The van der Waals surface area contributed by atoms with Gasteiger partial charge in [0.1, 0.15) is 16.5 Å². The number of carbonyl (C=O) groups excluding carboxylic acids is 2. The Kier molecular flexibility index (Phi) is 4.80. The molecule has 8 heteroatoms. The smallest absolute Gasteiger partial charge is 0.271 e. The summed E-state index contributed by atoms with van der Waals surface area (Å²) in [7, 11) is 0. The number of amides is 2. The van der Waals surface area contributed by atoms with Crippen molar-refractivity contribution in [3.05, 3.63) is 70.4 Å². The first kappa shape index (κ1) is 17.2. The van der Waals surface area contributed by atoms with Crippen molar-refractivity contribution < 1.29 is 14.3 Å². The van der Waals surface area contributed by atoms with Crippen molar-refractivity contribution in [1.29, 1.82) is 0 Å². The van der Waals surface area contributed by atoms with E-state index in [4.69, 9.17) is 4.74 Å². The molecule has 2 amide bonds. The number of nitrogens with zero attached hydrogens (tertiary/aromatic N) is 3. The van der Waals surface area contributed by atoms with Gasteiger partial charge in [0.2, 0.25) is 0 Å². The maximum absolute atomic E-state index is 12.3. The van der Waals surface area contributed by atoms with Gasteiger partial charge in [-0.15, -0.1) is 11.3 Å². The van der Waals surface area contributed by atoms with E-state index in [2.05, 4.69) is 15.3 Å². The monoisotopic (exact) mass is 380 g/mol. The highest BCUT2D eigenvalue weighted by molar-refractivity contribution is 7.09. The van der Waals surface area contributed by atoms with Gasteiger partial charge >= 0.3 is 0 Å². The van der Waals surface area contributed by atoms with Gasteiger partial charge in [0.15, 0.2) is 6.61 Å². The quantitative estimate of drug-likeness (QED) is 0.735. The van der Waals surface area contributed by atoms with Gasteiger partial charge in [-0.2, -0.15) is 0 Å². The minimum Gasteiger partial charge on any atom is -0.482 e. The van der Waals surface area contributed by atoms with Crippen LogP contribution in [0.5, 0.6) is 5.75 Å². The number of pyridine rings is 1. The molecule has 1 aliphatic heterocycles. The molecule has 136 valence electrons. The van der Waals surface area contributed by atoms with E-state index in [9.17, 15) is 9.59 Å². The normalized spacial score (nSPS) is 13.0. The molecule has 0 spiro atoms. The Morgan fingerprint density at radius 2 is 2.04 bits per heavy atom. The van der Waals surface area contributed by atoms with Crippen molar-refractivity contribution in [2.45, 2.75) is 13.1 Å². The topological polar surface area (TPSA) is 84.4 Å². The van der Waals surface area contributed by atoms with Crippen LogP contribution in [0.1, 0.15) is 21.1 Å². The number of hydrogen-bond donors (Lipinski definition) is 1. The van der Waals surface area contributed by atoms with Crippen LogP contribution < -0.4 is 15.0 Å². The summed E-state index contributed by atoms with van der Waals surface area (Å²) in [5.74, 6) is 0.291. The highest BCUT2D eigenvalue weighted by atomic mass is 32.1. The van der Waals surface area contributed by atoms with Gasteiger partial charge in [-0.05, 0) is 29.8 Å². The van der Waals surface area contributed by atoms with Gasteiger partial charge in [-0.25, -0.2) is 4.98 Å². The Morgan fingerprint density at radius 3 is 2.89 bits per heavy atom. The first-order chi connectivity index (χ1) is 13.2. The van der Waals surface area contributed by atoms with E-state index < -0.39 is 0 Å². The summed E-state index contributed by atoms with van der Waals surface area (Å²) in [6, 6.07) is 11.1. The summed E-state index contributed by atoms with van der Waals surface area (Å²) in [4.78, 5) is 34.5. The van der Waals surface area contributed by atoms with Crippen LogP contribution in [0.4, 0.5) is 5.69 Å². The maximum Gasteiger partial charge on any atom is 0.271 e. The lowest BCUT2D eigenvalue weighted by molar-refractivity contribution is -0.121. The van der Waals surface area contributed by atoms with Gasteiger partial charge in [-0.3, -0.25) is 19.5 Å². The lowest BCUT2D eigenvalue weighted by Crippen LogP contribution is -2.38. The van der Waals surface area contributed by atoms with Crippen LogP contribution in [0.15, 0.2) is 54.2 Å². The second-order valence-corrected chi connectivity index (χ2v) is 6.84. The van der Waals surface area contributed by atoms with Crippen molar-refractivity contribution in [3.8, 4) is 5.75 Å². The summed E-state index contributed by atoms with van der Waals surface area (Å²) < 4.78 is 5.44. The third kappa shape index (κ3) is 3.80. The van der Waals surface area contributed by atoms with Crippen molar-refractivity contribution >= 4 is 28.8 Å². The largest absolute Gasteiger partial charge is 0.482 e. The summed E-state index contributed by atoms with van der Waals surface area (Å²) in [5, 5.41) is 5.22. The summed E-state index contributed by atoms with van der Waals surface area (Å²) in [5.41, 5.74) is 2.02. The Balaban J connectivity index is 1.44. The molecule has 0 aliphatic carbocycles. The van der Waals surface area contributed by atoms with Gasteiger partial charge in [0, 0.05) is 24.3 Å². The molecular weight excluding hydrogens is 364 g/mol. The molecule has 0 saturated carbocycles. The molecule has 0 atom stereocenters. The zero-order valence-corrected chi connectivity index (χ0v) is 15.1. The third-order valence-corrected chi connectivity index (χ3v) is 4.92. The SMILES string of the molecule is O=C(NCc1ccncc1)c1csc(CN2C(=O)COc3ccccc32)n1. The molecule has 0 bridgehead atoms. The number of aromatic nitrogens is 2. The van der Waals surface area contributed by atoms with E-state index in [-0.39, 0.29) is 18.4 Å². The molecule has 4 rings (SSSR count). The number of carbonyl (C=O) groups is 2. The van der Waals surface area contributed by atoms with E-state index in [1.54, 1.807) is 22.7 Å². The molecule has 1 aliphatic rings. The fourth-order valence-electron chi connectivity index (χ4n) is 2.72. The lowest BCUT2D eigenvalue weighted by atomic mass is 10.2. The zero-order valence-electron chi connectivity index (χ0n) is 14.3. The Morgan fingerprint density at radius 1 is 1.22 bits per heavy atom. The highest BCUT2D eigenvalue weighted by Gasteiger charge is 2.26. The number of benzene rings is 1. The minimum atomic E-state index is -0.247. The standard InChI is InChI=1S/C19H16N4O3S/c24-18-11-26-16-4-2-1-3-15(16)23(18)10-17-22-14(12-27-17)19(25)21-9-13-5-7-20-8-6-13/h1-8,12H,9-11H2,(H,21,25). The van der Waals surface area contributed by atoms with Crippen LogP contribution in [0.2, 0.25) is 0 Å². The van der Waals surface area contributed by atoms with Crippen LogP contribution in [0, 0.1) is 0 Å². The Hall–Kier alpha value is -3.26. The molecule has 1 aromatic carbocycles. The van der Waals surface area contributed by atoms with Gasteiger partial charge in [0.05, 0.1) is 12.2 Å². The first-order valence-electron chi connectivity index (χ1n) is 8.34. The average Bonchev–Trinajstić information content (AvgIpc) is 3.18. The summed E-state index contributed by atoms with van der Waals surface area (Å²) >= 11 is 1.35. The fraction of sp³-hybridized carbons (Fsp3) is 0.158.